The number of aliphatic hydroxyl groups is 1. The van der Waals surface area contributed by atoms with Gasteiger partial charge in [0.15, 0.2) is 0 Å². The fraction of sp³-hybridized carbons (Fsp3) is 0.923. The van der Waals surface area contributed by atoms with E-state index in [1.807, 2.05) is 0 Å². The van der Waals surface area contributed by atoms with Crippen molar-refractivity contribution >= 4 is 5.91 Å². The molecule has 0 bridgehead atoms. The van der Waals surface area contributed by atoms with Gasteiger partial charge in [0.2, 0.25) is 5.91 Å². The molecule has 1 fully saturated rings. The van der Waals surface area contributed by atoms with E-state index in [0.29, 0.717) is 26.4 Å². The van der Waals surface area contributed by atoms with Crippen molar-refractivity contribution in [1.82, 2.24) is 10.2 Å². The lowest BCUT2D eigenvalue weighted by atomic mass is 9.97. The Morgan fingerprint density at radius 3 is 3.00 bits per heavy atom. The van der Waals surface area contributed by atoms with Crippen LogP contribution in [0.5, 0.6) is 0 Å². The molecular formula is C13H26N2O4. The Bertz CT molecular complexity index is 263. The molecule has 0 radical (unpaired) electrons. The lowest BCUT2D eigenvalue weighted by Crippen LogP contribution is -2.45. The zero-order chi connectivity index (χ0) is 14.1. The molecule has 0 aromatic carbocycles. The molecule has 0 aliphatic carbocycles. The molecule has 1 aliphatic rings. The van der Waals surface area contributed by atoms with Gasteiger partial charge in [0, 0.05) is 27.2 Å². The minimum Gasteiger partial charge on any atom is -0.389 e. The smallest absolute Gasteiger partial charge is 0.224 e. The van der Waals surface area contributed by atoms with Gasteiger partial charge in [0.25, 0.3) is 0 Å². The average molecular weight is 274 g/mol. The molecule has 19 heavy (non-hydrogen) atoms. The SMILES string of the molecule is CNC(=O)C1CCCN(CC(O)COCCOC)C1. The fourth-order valence-electron chi connectivity index (χ4n) is 2.35. The summed E-state index contributed by atoms with van der Waals surface area (Å²) in [5, 5.41) is 12.6. The second kappa shape index (κ2) is 9.25. The second-order valence-electron chi connectivity index (χ2n) is 4.93. The van der Waals surface area contributed by atoms with Gasteiger partial charge in [-0.05, 0) is 19.4 Å². The predicted octanol–water partition coefficient (Wildman–Crippen LogP) is -0.532. The molecule has 0 aromatic rings. The number of hydrogen-bond donors (Lipinski definition) is 2. The number of nitrogens with one attached hydrogen (secondary N) is 1. The van der Waals surface area contributed by atoms with Crippen molar-refractivity contribution in [2.45, 2.75) is 18.9 Å². The van der Waals surface area contributed by atoms with Gasteiger partial charge in [-0.2, -0.15) is 0 Å². The van der Waals surface area contributed by atoms with E-state index in [1.54, 1.807) is 14.2 Å². The molecule has 6 heteroatoms. The van der Waals surface area contributed by atoms with Crippen LogP contribution in [-0.4, -0.2) is 75.6 Å². The van der Waals surface area contributed by atoms with Gasteiger partial charge in [-0.25, -0.2) is 0 Å². The summed E-state index contributed by atoms with van der Waals surface area (Å²) in [6, 6.07) is 0. The molecule has 2 N–H and O–H groups in total. The maximum absolute atomic E-state index is 11.6. The van der Waals surface area contributed by atoms with Crippen LogP contribution >= 0.6 is 0 Å². The summed E-state index contributed by atoms with van der Waals surface area (Å²) in [4.78, 5) is 13.7. The standard InChI is InChI=1S/C13H26N2O4/c1-14-13(17)11-4-3-5-15(8-11)9-12(16)10-19-7-6-18-2/h11-12,16H,3-10H2,1-2H3,(H,14,17). The third-order valence-electron chi connectivity index (χ3n) is 3.33. The number of likely N-dealkylation sites (tertiary alicyclic amines) is 1. The van der Waals surface area contributed by atoms with Crippen molar-refractivity contribution in [3.63, 3.8) is 0 Å². The maximum atomic E-state index is 11.6. The highest BCUT2D eigenvalue weighted by Crippen LogP contribution is 2.16. The number of methoxy groups -OCH3 is 1. The van der Waals surface area contributed by atoms with Crippen LogP contribution in [-0.2, 0) is 14.3 Å². The summed E-state index contributed by atoms with van der Waals surface area (Å²) >= 11 is 0. The highest BCUT2D eigenvalue weighted by Gasteiger charge is 2.25. The van der Waals surface area contributed by atoms with E-state index >= 15 is 0 Å². The number of carbonyl (C=O) groups is 1. The van der Waals surface area contributed by atoms with Gasteiger partial charge in [-0.3, -0.25) is 9.69 Å². The number of amides is 1. The highest BCUT2D eigenvalue weighted by molar-refractivity contribution is 5.78. The van der Waals surface area contributed by atoms with E-state index in [4.69, 9.17) is 9.47 Å². The lowest BCUT2D eigenvalue weighted by molar-refractivity contribution is -0.126. The number of ether oxygens (including phenoxy) is 2. The van der Waals surface area contributed by atoms with Crippen LogP contribution in [0.25, 0.3) is 0 Å². The van der Waals surface area contributed by atoms with Gasteiger partial charge >= 0.3 is 0 Å². The van der Waals surface area contributed by atoms with Crippen molar-refractivity contribution in [3.8, 4) is 0 Å². The Labute approximate surface area is 115 Å². The van der Waals surface area contributed by atoms with E-state index in [-0.39, 0.29) is 11.8 Å². The van der Waals surface area contributed by atoms with Gasteiger partial charge in [0.1, 0.15) is 0 Å². The second-order valence-corrected chi connectivity index (χ2v) is 4.93. The van der Waals surface area contributed by atoms with E-state index in [9.17, 15) is 9.90 Å². The molecule has 0 spiro atoms. The molecule has 1 aliphatic heterocycles. The van der Waals surface area contributed by atoms with E-state index in [0.717, 1.165) is 25.9 Å². The number of β-amino-alcohol motifs (C(OH)–C–C–N with tert-alkyl or cyclic N) is 1. The Balaban J connectivity index is 2.22. The molecule has 2 atom stereocenters. The summed E-state index contributed by atoms with van der Waals surface area (Å²) in [5.74, 6) is 0.135. The van der Waals surface area contributed by atoms with Crippen molar-refractivity contribution in [1.29, 1.82) is 0 Å². The molecule has 0 saturated carbocycles. The van der Waals surface area contributed by atoms with Crippen LogP contribution in [0, 0.1) is 5.92 Å². The lowest BCUT2D eigenvalue weighted by Gasteiger charge is -2.32. The predicted molar refractivity (Wildman–Crippen MR) is 71.9 cm³/mol. The first-order valence-corrected chi connectivity index (χ1v) is 6.86. The highest BCUT2D eigenvalue weighted by atomic mass is 16.5. The van der Waals surface area contributed by atoms with E-state index in [2.05, 4.69) is 10.2 Å². The maximum Gasteiger partial charge on any atom is 0.224 e. The van der Waals surface area contributed by atoms with Gasteiger partial charge in [-0.1, -0.05) is 0 Å². The van der Waals surface area contributed by atoms with Crippen LogP contribution in [0.15, 0.2) is 0 Å². The first-order chi connectivity index (χ1) is 9.17. The summed E-state index contributed by atoms with van der Waals surface area (Å²) in [6.07, 6.45) is 1.41. The van der Waals surface area contributed by atoms with Crippen LogP contribution < -0.4 is 5.32 Å². The quantitative estimate of drug-likeness (QED) is 0.582. The number of hydrogen-bond acceptors (Lipinski definition) is 5. The number of carbonyl (C=O) groups excluding carboxylic acids is 1. The molecule has 1 heterocycles. The number of aliphatic hydroxyl groups excluding tert-OH is 1. The minimum atomic E-state index is -0.514. The normalized spacial score (nSPS) is 22.2. The summed E-state index contributed by atoms with van der Waals surface area (Å²) in [5.41, 5.74) is 0. The summed E-state index contributed by atoms with van der Waals surface area (Å²) < 4.78 is 10.2. The molecule has 2 unspecified atom stereocenters. The van der Waals surface area contributed by atoms with E-state index < -0.39 is 6.10 Å². The molecule has 1 saturated heterocycles. The largest absolute Gasteiger partial charge is 0.389 e. The monoisotopic (exact) mass is 274 g/mol. The third kappa shape index (κ3) is 6.33. The van der Waals surface area contributed by atoms with Crippen molar-refractivity contribution in [2.75, 3.05) is 53.6 Å². The van der Waals surface area contributed by atoms with Crippen LogP contribution in [0.1, 0.15) is 12.8 Å². The van der Waals surface area contributed by atoms with Gasteiger partial charge in [-0.15, -0.1) is 0 Å². The van der Waals surface area contributed by atoms with Crippen molar-refractivity contribution in [3.05, 3.63) is 0 Å². The van der Waals surface area contributed by atoms with E-state index in [1.165, 1.54) is 0 Å². The molecule has 112 valence electrons. The first-order valence-electron chi connectivity index (χ1n) is 6.86. The summed E-state index contributed by atoms with van der Waals surface area (Å²) in [6.45, 7) is 3.55. The minimum absolute atomic E-state index is 0.0420. The number of piperidine rings is 1. The van der Waals surface area contributed by atoms with Gasteiger partial charge in [0.05, 0.1) is 31.8 Å². The average Bonchev–Trinajstić information content (AvgIpc) is 2.43. The molecule has 1 rings (SSSR count). The summed E-state index contributed by atoms with van der Waals surface area (Å²) in [7, 11) is 3.28. The zero-order valence-corrected chi connectivity index (χ0v) is 11.9. The van der Waals surface area contributed by atoms with Gasteiger partial charge < -0.3 is 19.9 Å². The zero-order valence-electron chi connectivity index (χ0n) is 11.9. The van der Waals surface area contributed by atoms with Crippen molar-refractivity contribution < 1.29 is 19.4 Å². The molecule has 0 aromatic heterocycles. The molecular weight excluding hydrogens is 248 g/mol. The molecule has 1 amide bonds. The topological polar surface area (TPSA) is 71.0 Å². The molecule has 6 nitrogen and oxygen atoms in total. The first kappa shape index (κ1) is 16.4. The Kier molecular flexibility index (Phi) is 7.97. The Morgan fingerprint density at radius 1 is 1.53 bits per heavy atom. The van der Waals surface area contributed by atoms with Crippen LogP contribution in [0.4, 0.5) is 0 Å². The van der Waals surface area contributed by atoms with Crippen LogP contribution in [0.3, 0.4) is 0 Å². The number of nitrogens with zero attached hydrogens (tertiary/aromatic N) is 1. The Morgan fingerprint density at radius 2 is 2.32 bits per heavy atom. The fourth-order valence-corrected chi connectivity index (χ4v) is 2.35. The Hall–Kier alpha value is -0.690. The van der Waals surface area contributed by atoms with Crippen LogP contribution in [0.2, 0.25) is 0 Å². The number of rotatable bonds is 8. The third-order valence-corrected chi connectivity index (χ3v) is 3.33. The van der Waals surface area contributed by atoms with Crippen molar-refractivity contribution in [2.24, 2.45) is 5.92 Å².